The number of benzene rings is 1. The SMILES string of the molecule is CC[C@](N)(Cc1ccc(OBO)cc1F)C(=O)O. The highest BCUT2D eigenvalue weighted by molar-refractivity contribution is 6.17. The summed E-state index contributed by atoms with van der Waals surface area (Å²) < 4.78 is 18.4. The van der Waals surface area contributed by atoms with Crippen molar-refractivity contribution in [3.05, 3.63) is 29.6 Å². The summed E-state index contributed by atoms with van der Waals surface area (Å²) in [5.74, 6) is -1.60. The molecule has 0 amide bonds. The number of aliphatic carboxylic acids is 1. The molecule has 1 aromatic rings. The Hall–Kier alpha value is -1.60. The zero-order chi connectivity index (χ0) is 13.8. The molecule has 0 aliphatic heterocycles. The largest absolute Gasteiger partial charge is 0.539 e. The van der Waals surface area contributed by atoms with Crippen molar-refractivity contribution in [1.29, 1.82) is 0 Å². The molecule has 0 heterocycles. The Morgan fingerprint density at radius 3 is 2.72 bits per heavy atom. The maximum atomic E-state index is 13.7. The van der Waals surface area contributed by atoms with Gasteiger partial charge >= 0.3 is 13.7 Å². The van der Waals surface area contributed by atoms with Crippen LogP contribution in [0.1, 0.15) is 18.9 Å². The first-order valence-corrected chi connectivity index (χ1v) is 5.47. The maximum absolute atomic E-state index is 13.7. The average molecular weight is 255 g/mol. The van der Waals surface area contributed by atoms with E-state index in [0.29, 0.717) is 0 Å². The first-order chi connectivity index (χ1) is 8.42. The smallest absolute Gasteiger partial charge is 0.504 e. The fourth-order valence-corrected chi connectivity index (χ4v) is 1.53. The van der Waals surface area contributed by atoms with Gasteiger partial charge in [0.05, 0.1) is 0 Å². The number of rotatable bonds is 6. The molecule has 4 N–H and O–H groups in total. The summed E-state index contributed by atoms with van der Waals surface area (Å²) >= 11 is 0. The molecule has 0 saturated heterocycles. The highest BCUT2D eigenvalue weighted by Crippen LogP contribution is 2.21. The Labute approximate surface area is 105 Å². The number of hydrogen-bond acceptors (Lipinski definition) is 4. The third-order valence-electron chi connectivity index (χ3n) is 2.82. The van der Waals surface area contributed by atoms with E-state index in [1.165, 1.54) is 12.1 Å². The van der Waals surface area contributed by atoms with Gasteiger partial charge in [-0.1, -0.05) is 13.0 Å². The Balaban J connectivity index is 2.94. The van der Waals surface area contributed by atoms with Gasteiger partial charge in [-0.25, -0.2) is 4.39 Å². The molecule has 0 aromatic heterocycles. The molecule has 0 bridgehead atoms. The van der Waals surface area contributed by atoms with Gasteiger partial charge in [0.1, 0.15) is 17.1 Å². The van der Waals surface area contributed by atoms with Gasteiger partial charge in [0, 0.05) is 12.5 Å². The second-order valence-electron chi connectivity index (χ2n) is 4.02. The van der Waals surface area contributed by atoms with Gasteiger partial charge in [-0.3, -0.25) is 4.79 Å². The molecule has 7 heteroatoms. The fraction of sp³-hybridized carbons (Fsp3) is 0.364. The van der Waals surface area contributed by atoms with Gasteiger partial charge in [0.2, 0.25) is 0 Å². The minimum atomic E-state index is -1.49. The maximum Gasteiger partial charge on any atom is 0.504 e. The lowest BCUT2D eigenvalue weighted by atomic mass is 9.89. The van der Waals surface area contributed by atoms with Crippen molar-refractivity contribution in [2.24, 2.45) is 5.73 Å². The van der Waals surface area contributed by atoms with Crippen molar-refractivity contribution in [3.8, 4) is 5.75 Å². The molecule has 0 aliphatic rings. The number of carboxylic acids is 1. The number of nitrogens with two attached hydrogens (primary N) is 1. The highest BCUT2D eigenvalue weighted by atomic mass is 19.1. The fourth-order valence-electron chi connectivity index (χ4n) is 1.53. The standard InChI is InChI=1S/C11H15BFNO4/c1-2-11(14,10(15)16)6-7-3-4-8(18-12-17)5-9(7)13/h3-5,12,17H,2,6,14H2,1H3,(H,15,16)/t11-/m0/s1. The van der Waals surface area contributed by atoms with Crippen LogP contribution in [0.3, 0.4) is 0 Å². The van der Waals surface area contributed by atoms with Crippen LogP contribution >= 0.6 is 0 Å². The quantitative estimate of drug-likeness (QED) is 0.631. The molecule has 18 heavy (non-hydrogen) atoms. The molecule has 0 fully saturated rings. The first-order valence-electron chi connectivity index (χ1n) is 5.47. The predicted octanol–water partition coefficient (Wildman–Crippen LogP) is 0.198. The van der Waals surface area contributed by atoms with E-state index >= 15 is 0 Å². The third kappa shape index (κ3) is 3.21. The normalized spacial score (nSPS) is 13.8. The van der Waals surface area contributed by atoms with Crippen LogP contribution in [0.5, 0.6) is 5.75 Å². The second kappa shape index (κ2) is 5.84. The van der Waals surface area contributed by atoms with Crippen molar-refractivity contribution in [1.82, 2.24) is 0 Å². The summed E-state index contributed by atoms with van der Waals surface area (Å²) in [6.07, 6.45) is 0.0841. The van der Waals surface area contributed by atoms with E-state index in [1.54, 1.807) is 6.92 Å². The monoisotopic (exact) mass is 255 g/mol. The topological polar surface area (TPSA) is 92.8 Å². The van der Waals surface area contributed by atoms with E-state index in [4.69, 9.17) is 20.5 Å². The molecule has 0 spiro atoms. The molecular weight excluding hydrogens is 240 g/mol. The van der Waals surface area contributed by atoms with Crippen LogP contribution in [0.2, 0.25) is 0 Å². The number of hydrogen-bond donors (Lipinski definition) is 3. The molecule has 0 aliphatic carbocycles. The Kier molecular flexibility index (Phi) is 4.69. The summed E-state index contributed by atoms with van der Waals surface area (Å²) in [5.41, 5.74) is 4.42. The molecule has 1 rings (SSSR count). The van der Waals surface area contributed by atoms with Crippen molar-refractivity contribution in [2.75, 3.05) is 0 Å². The molecule has 0 radical (unpaired) electrons. The molecule has 98 valence electrons. The molecule has 0 unspecified atom stereocenters. The van der Waals surface area contributed by atoms with Crippen LogP contribution in [0.15, 0.2) is 18.2 Å². The molecule has 1 aromatic carbocycles. The van der Waals surface area contributed by atoms with Crippen LogP contribution in [0.4, 0.5) is 4.39 Å². The summed E-state index contributed by atoms with van der Waals surface area (Å²) in [6, 6.07) is 3.94. The van der Waals surface area contributed by atoms with E-state index in [-0.39, 0.29) is 24.2 Å². The zero-order valence-corrected chi connectivity index (χ0v) is 10.0. The minimum absolute atomic E-state index is 0.107. The molecule has 0 saturated carbocycles. The molecule has 5 nitrogen and oxygen atoms in total. The van der Waals surface area contributed by atoms with Gasteiger partial charge in [-0.05, 0) is 18.1 Å². The third-order valence-corrected chi connectivity index (χ3v) is 2.82. The molecule has 1 atom stereocenters. The van der Waals surface area contributed by atoms with Crippen LogP contribution < -0.4 is 10.4 Å². The van der Waals surface area contributed by atoms with Crippen LogP contribution in [0, 0.1) is 5.82 Å². The first kappa shape index (κ1) is 14.5. The molecular formula is C11H15BFNO4. The Morgan fingerprint density at radius 2 is 2.28 bits per heavy atom. The van der Waals surface area contributed by atoms with Crippen molar-refractivity contribution in [2.45, 2.75) is 25.3 Å². The minimum Gasteiger partial charge on any atom is -0.539 e. The van der Waals surface area contributed by atoms with Crippen molar-refractivity contribution >= 4 is 13.7 Å². The van der Waals surface area contributed by atoms with Crippen LogP contribution in [0.25, 0.3) is 0 Å². The summed E-state index contributed by atoms with van der Waals surface area (Å²) in [4.78, 5) is 11.0. The van der Waals surface area contributed by atoms with Gasteiger partial charge in [-0.2, -0.15) is 0 Å². The van der Waals surface area contributed by atoms with Crippen LogP contribution in [-0.4, -0.2) is 29.3 Å². The van der Waals surface area contributed by atoms with E-state index < -0.39 is 25.0 Å². The summed E-state index contributed by atoms with van der Waals surface area (Å²) in [7, 11) is -0.552. The van der Waals surface area contributed by atoms with E-state index in [2.05, 4.69) is 0 Å². The predicted molar refractivity (Wildman–Crippen MR) is 64.9 cm³/mol. The van der Waals surface area contributed by atoms with Gasteiger partial charge in [-0.15, -0.1) is 0 Å². The van der Waals surface area contributed by atoms with Gasteiger partial charge in [0.15, 0.2) is 0 Å². The van der Waals surface area contributed by atoms with E-state index in [9.17, 15) is 9.18 Å². The second-order valence-corrected chi connectivity index (χ2v) is 4.02. The van der Waals surface area contributed by atoms with E-state index in [1.807, 2.05) is 0 Å². The number of carboxylic acid groups (broad SMARTS) is 1. The van der Waals surface area contributed by atoms with E-state index in [0.717, 1.165) is 6.07 Å². The number of carbonyl (C=O) groups is 1. The summed E-state index contributed by atoms with van der Waals surface area (Å²) in [5, 5.41) is 17.6. The number of halogens is 1. The Morgan fingerprint density at radius 1 is 1.61 bits per heavy atom. The lowest BCUT2D eigenvalue weighted by Crippen LogP contribution is -2.49. The van der Waals surface area contributed by atoms with Crippen LogP contribution in [-0.2, 0) is 11.2 Å². The van der Waals surface area contributed by atoms with Crippen molar-refractivity contribution in [3.63, 3.8) is 0 Å². The Bertz CT molecular complexity index is 443. The highest BCUT2D eigenvalue weighted by Gasteiger charge is 2.32. The lowest BCUT2D eigenvalue weighted by Gasteiger charge is -2.23. The average Bonchev–Trinajstić information content (AvgIpc) is 2.32. The zero-order valence-electron chi connectivity index (χ0n) is 10.0. The van der Waals surface area contributed by atoms with Crippen molar-refractivity contribution < 1.29 is 24.0 Å². The lowest BCUT2D eigenvalue weighted by molar-refractivity contribution is -0.143. The summed E-state index contributed by atoms with van der Waals surface area (Å²) in [6.45, 7) is 1.63. The van der Waals surface area contributed by atoms with Gasteiger partial charge < -0.3 is 20.5 Å². The van der Waals surface area contributed by atoms with Gasteiger partial charge in [0.25, 0.3) is 0 Å².